The van der Waals surface area contributed by atoms with Crippen LogP contribution in [0.4, 0.5) is 4.39 Å². The molecule has 0 aromatic heterocycles. The zero-order valence-electron chi connectivity index (χ0n) is 11.8. The van der Waals surface area contributed by atoms with Crippen LogP contribution >= 0.6 is 11.6 Å². The molecule has 0 aliphatic heterocycles. The van der Waals surface area contributed by atoms with E-state index in [4.69, 9.17) is 16.3 Å². The van der Waals surface area contributed by atoms with E-state index in [1.54, 1.807) is 37.4 Å². The smallest absolute Gasteiger partial charge is 0.244 e. The molecule has 22 heavy (non-hydrogen) atoms. The molecular weight excluding hydrogens is 307 g/mol. The van der Waals surface area contributed by atoms with E-state index in [1.807, 2.05) is 0 Å². The molecule has 2 rings (SSSR count). The van der Waals surface area contributed by atoms with E-state index in [-0.39, 0.29) is 22.9 Å². The van der Waals surface area contributed by atoms with Crippen LogP contribution in [0.1, 0.15) is 11.1 Å². The lowest BCUT2D eigenvalue weighted by Crippen LogP contribution is -2.19. The van der Waals surface area contributed by atoms with Gasteiger partial charge in [0.15, 0.2) is 0 Å². The summed E-state index contributed by atoms with van der Waals surface area (Å²) in [5, 5.41) is 3.95. The van der Waals surface area contributed by atoms with Crippen LogP contribution in [0.5, 0.6) is 5.75 Å². The third-order valence-electron chi connectivity index (χ3n) is 2.91. The SMILES string of the molecule is COc1ccc(CC(=O)N/N=C/c2c(F)cccc2Cl)cc1. The molecule has 0 aliphatic rings. The van der Waals surface area contributed by atoms with Crippen molar-refractivity contribution in [1.29, 1.82) is 0 Å². The lowest BCUT2D eigenvalue weighted by atomic mass is 10.1. The van der Waals surface area contributed by atoms with Gasteiger partial charge in [-0.3, -0.25) is 4.79 Å². The number of carbonyl (C=O) groups is 1. The van der Waals surface area contributed by atoms with Crippen molar-refractivity contribution in [3.05, 3.63) is 64.4 Å². The number of halogens is 2. The van der Waals surface area contributed by atoms with Crippen LogP contribution in [0.15, 0.2) is 47.6 Å². The van der Waals surface area contributed by atoms with Crippen molar-refractivity contribution < 1.29 is 13.9 Å². The topological polar surface area (TPSA) is 50.7 Å². The number of hydrogen-bond acceptors (Lipinski definition) is 3. The molecule has 2 aromatic rings. The van der Waals surface area contributed by atoms with Gasteiger partial charge in [-0.2, -0.15) is 5.10 Å². The number of methoxy groups -OCH3 is 1. The maximum Gasteiger partial charge on any atom is 0.244 e. The summed E-state index contributed by atoms with van der Waals surface area (Å²) in [5.41, 5.74) is 3.29. The van der Waals surface area contributed by atoms with Crippen LogP contribution in [0.3, 0.4) is 0 Å². The van der Waals surface area contributed by atoms with Gasteiger partial charge in [0.25, 0.3) is 0 Å². The second-order valence-corrected chi connectivity index (χ2v) is 4.86. The van der Waals surface area contributed by atoms with Gasteiger partial charge in [-0.15, -0.1) is 0 Å². The molecule has 2 aromatic carbocycles. The van der Waals surface area contributed by atoms with Gasteiger partial charge in [0.2, 0.25) is 5.91 Å². The van der Waals surface area contributed by atoms with E-state index in [0.29, 0.717) is 0 Å². The van der Waals surface area contributed by atoms with Crippen molar-refractivity contribution >= 4 is 23.7 Å². The Morgan fingerprint density at radius 1 is 1.32 bits per heavy atom. The lowest BCUT2D eigenvalue weighted by molar-refractivity contribution is -0.120. The molecule has 0 unspecified atom stereocenters. The molecule has 0 saturated heterocycles. The monoisotopic (exact) mass is 320 g/mol. The quantitative estimate of drug-likeness (QED) is 0.679. The predicted molar refractivity (Wildman–Crippen MR) is 83.8 cm³/mol. The summed E-state index contributed by atoms with van der Waals surface area (Å²) in [6, 6.07) is 11.4. The minimum Gasteiger partial charge on any atom is -0.497 e. The molecule has 4 nitrogen and oxygen atoms in total. The first-order valence-corrected chi connectivity index (χ1v) is 6.87. The van der Waals surface area contributed by atoms with E-state index < -0.39 is 5.82 Å². The fraction of sp³-hybridized carbons (Fsp3) is 0.125. The number of nitrogens with zero attached hydrogens (tertiary/aromatic N) is 1. The summed E-state index contributed by atoms with van der Waals surface area (Å²) >= 11 is 5.85. The van der Waals surface area contributed by atoms with E-state index in [9.17, 15) is 9.18 Å². The molecule has 0 aliphatic carbocycles. The number of hydrazone groups is 1. The van der Waals surface area contributed by atoms with Gasteiger partial charge >= 0.3 is 0 Å². The lowest BCUT2D eigenvalue weighted by Gasteiger charge is -2.03. The molecule has 0 heterocycles. The zero-order valence-corrected chi connectivity index (χ0v) is 12.6. The molecule has 0 bridgehead atoms. The Morgan fingerprint density at radius 3 is 2.68 bits per heavy atom. The Bertz CT molecular complexity index is 667. The second-order valence-electron chi connectivity index (χ2n) is 4.45. The third-order valence-corrected chi connectivity index (χ3v) is 3.24. The third kappa shape index (κ3) is 4.30. The summed E-state index contributed by atoms with van der Waals surface area (Å²) in [4.78, 5) is 11.7. The second kappa shape index (κ2) is 7.56. The predicted octanol–water partition coefficient (Wildman–Crippen LogP) is 3.18. The fourth-order valence-corrected chi connectivity index (χ4v) is 1.98. The Balaban J connectivity index is 1.93. The minimum absolute atomic E-state index is 0.133. The first kappa shape index (κ1) is 16.0. The standard InChI is InChI=1S/C16H14ClFN2O2/c1-22-12-7-5-11(6-8-12)9-16(21)20-19-10-13-14(17)3-2-4-15(13)18/h2-8,10H,9H2,1H3,(H,20,21)/b19-10+. The van der Waals surface area contributed by atoms with Gasteiger partial charge in [-0.25, -0.2) is 9.82 Å². The Morgan fingerprint density at radius 2 is 2.05 bits per heavy atom. The highest BCUT2D eigenvalue weighted by Gasteiger charge is 2.05. The van der Waals surface area contributed by atoms with Crippen LogP contribution in [-0.4, -0.2) is 19.2 Å². The van der Waals surface area contributed by atoms with Crippen LogP contribution in [0.2, 0.25) is 5.02 Å². The number of rotatable bonds is 5. The summed E-state index contributed by atoms with van der Waals surface area (Å²) < 4.78 is 18.5. The molecular formula is C16H14ClFN2O2. The van der Waals surface area contributed by atoms with E-state index in [1.165, 1.54) is 18.3 Å². The van der Waals surface area contributed by atoms with Crippen molar-refractivity contribution in [3.63, 3.8) is 0 Å². The molecule has 1 N–H and O–H groups in total. The summed E-state index contributed by atoms with van der Waals surface area (Å²) in [5.74, 6) is -0.0918. The van der Waals surface area contributed by atoms with Crippen LogP contribution in [0.25, 0.3) is 0 Å². The zero-order chi connectivity index (χ0) is 15.9. The summed E-state index contributed by atoms with van der Waals surface area (Å²) in [6.45, 7) is 0. The number of amides is 1. The number of ether oxygens (including phenoxy) is 1. The van der Waals surface area contributed by atoms with Gasteiger partial charge in [0.1, 0.15) is 11.6 Å². The Labute approximate surface area is 132 Å². The first-order chi connectivity index (χ1) is 10.6. The van der Waals surface area contributed by atoms with Gasteiger partial charge in [-0.05, 0) is 29.8 Å². The molecule has 114 valence electrons. The molecule has 0 spiro atoms. The fourth-order valence-electron chi connectivity index (χ4n) is 1.77. The molecule has 0 atom stereocenters. The highest BCUT2D eigenvalue weighted by Crippen LogP contribution is 2.16. The Kier molecular flexibility index (Phi) is 5.49. The summed E-state index contributed by atoms with van der Waals surface area (Å²) in [7, 11) is 1.57. The van der Waals surface area contributed by atoms with E-state index in [0.717, 1.165) is 11.3 Å². The highest BCUT2D eigenvalue weighted by molar-refractivity contribution is 6.33. The van der Waals surface area contributed by atoms with Crippen molar-refractivity contribution in [2.24, 2.45) is 5.10 Å². The van der Waals surface area contributed by atoms with Gasteiger partial charge in [0.05, 0.1) is 24.8 Å². The first-order valence-electron chi connectivity index (χ1n) is 6.49. The van der Waals surface area contributed by atoms with Gasteiger partial charge < -0.3 is 4.74 Å². The number of benzene rings is 2. The minimum atomic E-state index is -0.499. The van der Waals surface area contributed by atoms with Crippen LogP contribution in [-0.2, 0) is 11.2 Å². The molecule has 0 saturated carbocycles. The summed E-state index contributed by atoms with van der Waals surface area (Å²) in [6.07, 6.45) is 1.34. The maximum atomic E-state index is 13.5. The number of carbonyl (C=O) groups excluding carboxylic acids is 1. The molecule has 0 fully saturated rings. The largest absolute Gasteiger partial charge is 0.497 e. The van der Waals surface area contributed by atoms with Crippen LogP contribution < -0.4 is 10.2 Å². The number of nitrogens with one attached hydrogen (secondary N) is 1. The van der Waals surface area contributed by atoms with Crippen LogP contribution in [0, 0.1) is 5.82 Å². The van der Waals surface area contributed by atoms with E-state index >= 15 is 0 Å². The molecule has 6 heteroatoms. The van der Waals surface area contributed by atoms with Crippen molar-refractivity contribution in [3.8, 4) is 5.75 Å². The number of hydrogen-bond donors (Lipinski definition) is 1. The average molecular weight is 321 g/mol. The normalized spacial score (nSPS) is 10.7. The molecule has 1 amide bonds. The molecule has 0 radical (unpaired) electrons. The van der Waals surface area contributed by atoms with E-state index in [2.05, 4.69) is 10.5 Å². The van der Waals surface area contributed by atoms with Crippen molar-refractivity contribution in [2.75, 3.05) is 7.11 Å². The highest BCUT2D eigenvalue weighted by atomic mass is 35.5. The van der Waals surface area contributed by atoms with Crippen molar-refractivity contribution in [1.82, 2.24) is 5.43 Å². The average Bonchev–Trinajstić information content (AvgIpc) is 2.51. The Hall–Kier alpha value is -2.40. The van der Waals surface area contributed by atoms with Gasteiger partial charge in [0, 0.05) is 5.56 Å². The van der Waals surface area contributed by atoms with Crippen molar-refractivity contribution in [2.45, 2.75) is 6.42 Å². The maximum absolute atomic E-state index is 13.5. The van der Waals surface area contributed by atoms with Gasteiger partial charge in [-0.1, -0.05) is 29.8 Å².